The lowest BCUT2D eigenvalue weighted by molar-refractivity contribution is 0.100. The first-order valence-corrected chi connectivity index (χ1v) is 5.40. The van der Waals surface area contributed by atoms with Gasteiger partial charge in [0.1, 0.15) is 11.6 Å². The summed E-state index contributed by atoms with van der Waals surface area (Å²) in [6.45, 7) is 3.68. The van der Waals surface area contributed by atoms with Gasteiger partial charge in [0.05, 0.1) is 11.8 Å². The quantitative estimate of drug-likeness (QED) is 0.817. The monoisotopic (exact) mass is 246 g/mol. The number of carbonyl (C=O) groups is 1. The minimum Gasteiger partial charge on any atom is -0.373 e. The van der Waals surface area contributed by atoms with E-state index in [0.717, 1.165) is 11.4 Å². The average molecular weight is 246 g/mol. The van der Waals surface area contributed by atoms with Crippen molar-refractivity contribution in [2.75, 3.05) is 12.4 Å². The third-order valence-electron chi connectivity index (χ3n) is 2.55. The molecule has 0 aliphatic heterocycles. The van der Waals surface area contributed by atoms with Crippen molar-refractivity contribution in [1.82, 2.24) is 19.7 Å². The zero-order chi connectivity index (χ0) is 13.3. The van der Waals surface area contributed by atoms with Crippen molar-refractivity contribution in [1.29, 1.82) is 0 Å². The van der Waals surface area contributed by atoms with E-state index in [1.807, 2.05) is 6.92 Å². The van der Waals surface area contributed by atoms with Gasteiger partial charge in [0, 0.05) is 18.8 Å². The van der Waals surface area contributed by atoms with Crippen LogP contribution < -0.4 is 11.1 Å². The Balaban J connectivity index is 2.55. The van der Waals surface area contributed by atoms with Crippen LogP contribution in [0, 0.1) is 13.8 Å². The molecule has 0 saturated heterocycles. The number of carbonyl (C=O) groups excluding carboxylic acids is 1. The first kappa shape index (κ1) is 12.0. The Hall–Kier alpha value is -2.44. The Morgan fingerprint density at radius 3 is 2.67 bits per heavy atom. The number of anilines is 1. The molecular weight excluding hydrogens is 232 g/mol. The number of nitrogens with one attached hydrogen (secondary N) is 1. The molecule has 94 valence electrons. The van der Waals surface area contributed by atoms with Crippen LogP contribution in [0.15, 0.2) is 12.4 Å². The van der Waals surface area contributed by atoms with Crippen LogP contribution in [0.25, 0.3) is 5.82 Å². The summed E-state index contributed by atoms with van der Waals surface area (Å²) in [7, 11) is 1.79. The minimum absolute atomic E-state index is 0.344. The SMILES string of the molecule is CNc1nc(C)nc(-n2cc(C(N)=O)cn2)c1C. The number of amides is 1. The van der Waals surface area contributed by atoms with Crippen LogP contribution in [0.5, 0.6) is 0 Å². The molecule has 0 radical (unpaired) electrons. The Morgan fingerprint density at radius 2 is 2.11 bits per heavy atom. The van der Waals surface area contributed by atoms with Crippen molar-refractivity contribution < 1.29 is 4.79 Å². The Kier molecular flexibility index (Phi) is 2.97. The van der Waals surface area contributed by atoms with Gasteiger partial charge in [0.25, 0.3) is 5.91 Å². The molecule has 2 aromatic heterocycles. The third kappa shape index (κ3) is 2.02. The highest BCUT2D eigenvalue weighted by atomic mass is 16.1. The van der Waals surface area contributed by atoms with Crippen LogP contribution >= 0.6 is 0 Å². The average Bonchev–Trinajstić information content (AvgIpc) is 2.81. The lowest BCUT2D eigenvalue weighted by atomic mass is 10.3. The number of primary amides is 1. The first-order chi connectivity index (χ1) is 8.52. The number of aromatic nitrogens is 4. The number of rotatable bonds is 3. The smallest absolute Gasteiger partial charge is 0.251 e. The predicted octanol–water partition coefficient (Wildman–Crippen LogP) is 0.420. The maximum absolute atomic E-state index is 11.0. The molecule has 2 heterocycles. The molecule has 18 heavy (non-hydrogen) atoms. The molecular formula is C11H14N6O. The van der Waals surface area contributed by atoms with E-state index in [9.17, 15) is 4.79 Å². The molecule has 2 rings (SSSR count). The Bertz CT molecular complexity index is 604. The molecule has 0 saturated carbocycles. The van der Waals surface area contributed by atoms with Gasteiger partial charge in [-0.1, -0.05) is 0 Å². The molecule has 0 unspecified atom stereocenters. The van der Waals surface area contributed by atoms with Crippen LogP contribution in [-0.2, 0) is 0 Å². The second-order valence-electron chi connectivity index (χ2n) is 3.86. The van der Waals surface area contributed by atoms with Crippen molar-refractivity contribution in [3.05, 3.63) is 29.3 Å². The number of aryl methyl sites for hydroxylation is 1. The maximum atomic E-state index is 11.0. The zero-order valence-electron chi connectivity index (χ0n) is 10.4. The molecule has 2 aromatic rings. The fourth-order valence-electron chi connectivity index (χ4n) is 1.65. The van der Waals surface area contributed by atoms with Crippen molar-refractivity contribution >= 4 is 11.7 Å². The number of nitrogens with two attached hydrogens (primary N) is 1. The zero-order valence-corrected chi connectivity index (χ0v) is 10.4. The second-order valence-corrected chi connectivity index (χ2v) is 3.86. The molecule has 0 fully saturated rings. The number of nitrogens with zero attached hydrogens (tertiary/aromatic N) is 4. The van der Waals surface area contributed by atoms with Gasteiger partial charge in [0.2, 0.25) is 0 Å². The van der Waals surface area contributed by atoms with Crippen molar-refractivity contribution in [2.24, 2.45) is 5.73 Å². The van der Waals surface area contributed by atoms with Gasteiger partial charge in [-0.2, -0.15) is 5.10 Å². The Morgan fingerprint density at radius 1 is 1.39 bits per heavy atom. The van der Waals surface area contributed by atoms with Gasteiger partial charge >= 0.3 is 0 Å². The van der Waals surface area contributed by atoms with Crippen molar-refractivity contribution in [2.45, 2.75) is 13.8 Å². The van der Waals surface area contributed by atoms with Crippen LogP contribution in [0.4, 0.5) is 5.82 Å². The molecule has 0 aliphatic carbocycles. The summed E-state index contributed by atoms with van der Waals surface area (Å²) < 4.78 is 1.52. The molecule has 0 bridgehead atoms. The second kappa shape index (κ2) is 4.44. The third-order valence-corrected chi connectivity index (χ3v) is 2.55. The molecule has 0 atom stereocenters. The molecule has 0 aromatic carbocycles. The van der Waals surface area contributed by atoms with E-state index in [1.54, 1.807) is 20.2 Å². The fourth-order valence-corrected chi connectivity index (χ4v) is 1.65. The number of hydrogen-bond acceptors (Lipinski definition) is 5. The van der Waals surface area contributed by atoms with Crippen LogP contribution in [0.1, 0.15) is 21.7 Å². The minimum atomic E-state index is -0.515. The highest BCUT2D eigenvalue weighted by molar-refractivity contribution is 5.92. The standard InChI is InChI=1S/C11H14N6O/c1-6-10(13-3)15-7(2)16-11(6)17-5-8(4-14-17)9(12)18/h4-5H,1-3H3,(H2,12,18)(H,13,15,16). The van der Waals surface area contributed by atoms with Crippen LogP contribution in [0.3, 0.4) is 0 Å². The van der Waals surface area contributed by atoms with Gasteiger partial charge < -0.3 is 11.1 Å². The molecule has 0 spiro atoms. The van der Waals surface area contributed by atoms with Gasteiger partial charge in [-0.25, -0.2) is 14.6 Å². The molecule has 0 aliphatic rings. The van der Waals surface area contributed by atoms with Crippen molar-refractivity contribution in [3.8, 4) is 5.82 Å². The van der Waals surface area contributed by atoms with Gasteiger partial charge in [0.15, 0.2) is 5.82 Å². The van der Waals surface area contributed by atoms with E-state index in [1.165, 1.54) is 10.9 Å². The largest absolute Gasteiger partial charge is 0.373 e. The highest BCUT2D eigenvalue weighted by Crippen LogP contribution is 2.18. The van der Waals surface area contributed by atoms with Crippen LogP contribution in [0.2, 0.25) is 0 Å². The van der Waals surface area contributed by atoms with Gasteiger partial charge in [-0.05, 0) is 13.8 Å². The summed E-state index contributed by atoms with van der Waals surface area (Å²) >= 11 is 0. The van der Waals surface area contributed by atoms with E-state index in [2.05, 4.69) is 20.4 Å². The van der Waals surface area contributed by atoms with E-state index in [4.69, 9.17) is 5.73 Å². The summed E-state index contributed by atoms with van der Waals surface area (Å²) in [5.41, 5.74) is 6.39. The summed E-state index contributed by atoms with van der Waals surface area (Å²) in [5.74, 6) is 1.46. The molecule has 7 nitrogen and oxygen atoms in total. The van der Waals surface area contributed by atoms with E-state index in [-0.39, 0.29) is 0 Å². The lowest BCUT2D eigenvalue weighted by Gasteiger charge is -2.10. The van der Waals surface area contributed by atoms with E-state index in [0.29, 0.717) is 17.2 Å². The molecule has 7 heteroatoms. The summed E-state index contributed by atoms with van der Waals surface area (Å²) in [6.07, 6.45) is 2.97. The normalized spacial score (nSPS) is 10.4. The lowest BCUT2D eigenvalue weighted by Crippen LogP contribution is -2.10. The van der Waals surface area contributed by atoms with Crippen LogP contribution in [-0.4, -0.2) is 32.7 Å². The van der Waals surface area contributed by atoms with Gasteiger partial charge in [-0.3, -0.25) is 4.79 Å². The summed E-state index contributed by atoms with van der Waals surface area (Å²) in [5, 5.41) is 7.07. The predicted molar refractivity (Wildman–Crippen MR) is 66.7 cm³/mol. The topological polar surface area (TPSA) is 98.7 Å². The number of hydrogen-bond donors (Lipinski definition) is 2. The van der Waals surface area contributed by atoms with E-state index >= 15 is 0 Å². The first-order valence-electron chi connectivity index (χ1n) is 5.40. The maximum Gasteiger partial charge on any atom is 0.251 e. The molecule has 3 N–H and O–H groups in total. The Labute approximate surface area is 104 Å². The summed E-state index contributed by atoms with van der Waals surface area (Å²) in [4.78, 5) is 19.6. The fraction of sp³-hybridized carbons (Fsp3) is 0.273. The van der Waals surface area contributed by atoms with E-state index < -0.39 is 5.91 Å². The van der Waals surface area contributed by atoms with Gasteiger partial charge in [-0.15, -0.1) is 0 Å². The van der Waals surface area contributed by atoms with Crippen molar-refractivity contribution in [3.63, 3.8) is 0 Å². The summed E-state index contributed by atoms with van der Waals surface area (Å²) in [6, 6.07) is 0. The highest BCUT2D eigenvalue weighted by Gasteiger charge is 2.12. The molecule has 1 amide bonds.